The number of hydrogen-bond acceptors (Lipinski definition) is 3. The third-order valence-corrected chi connectivity index (χ3v) is 3.36. The number of carboxylic acids is 1. The van der Waals surface area contributed by atoms with E-state index in [1.165, 1.54) is 0 Å². The number of aromatic nitrogens is 2. The molecule has 2 aromatic rings. The fourth-order valence-electron chi connectivity index (χ4n) is 2.15. The summed E-state index contributed by atoms with van der Waals surface area (Å²) in [5, 5.41) is 15.5. The van der Waals surface area contributed by atoms with Gasteiger partial charge in [-0.05, 0) is 31.0 Å². The van der Waals surface area contributed by atoms with Gasteiger partial charge in [-0.15, -0.1) is 0 Å². The van der Waals surface area contributed by atoms with Crippen LogP contribution in [-0.4, -0.2) is 33.3 Å². The first-order valence-electron chi connectivity index (χ1n) is 6.80. The Hall–Kier alpha value is -2.63. The van der Waals surface area contributed by atoms with E-state index in [1.807, 2.05) is 30.3 Å². The Bertz CT molecular complexity index is 675. The number of benzene rings is 1. The first-order valence-corrected chi connectivity index (χ1v) is 6.80. The van der Waals surface area contributed by atoms with Crippen LogP contribution < -0.4 is 5.32 Å². The van der Waals surface area contributed by atoms with E-state index in [9.17, 15) is 9.59 Å². The maximum atomic E-state index is 12.2. The van der Waals surface area contributed by atoms with Crippen LogP contribution in [0.4, 0.5) is 0 Å². The molecule has 1 fully saturated rings. The van der Waals surface area contributed by atoms with E-state index >= 15 is 0 Å². The molecule has 1 amide bonds. The van der Waals surface area contributed by atoms with Crippen molar-refractivity contribution in [3.05, 3.63) is 47.8 Å². The van der Waals surface area contributed by atoms with Crippen molar-refractivity contribution in [3.8, 4) is 5.69 Å². The van der Waals surface area contributed by atoms with Crippen molar-refractivity contribution in [2.75, 3.05) is 6.54 Å². The summed E-state index contributed by atoms with van der Waals surface area (Å²) in [6, 6.07) is 11.1. The van der Waals surface area contributed by atoms with Gasteiger partial charge in [0.2, 0.25) is 0 Å². The molecule has 0 atom stereocenters. The summed E-state index contributed by atoms with van der Waals surface area (Å²) in [5.41, 5.74) is 2.04. The molecule has 1 aliphatic carbocycles. The zero-order valence-electron chi connectivity index (χ0n) is 11.3. The molecule has 0 radical (unpaired) electrons. The van der Waals surface area contributed by atoms with Gasteiger partial charge in [0.05, 0.1) is 11.4 Å². The number of nitrogens with one attached hydrogen (secondary N) is 1. The molecular weight excluding hydrogens is 270 g/mol. The van der Waals surface area contributed by atoms with Gasteiger partial charge < -0.3 is 10.4 Å². The van der Waals surface area contributed by atoms with Gasteiger partial charge in [0.25, 0.3) is 5.91 Å². The lowest BCUT2D eigenvalue weighted by molar-refractivity contribution is -0.135. The molecule has 0 spiro atoms. The van der Waals surface area contributed by atoms with Crippen molar-refractivity contribution in [2.24, 2.45) is 0 Å². The van der Waals surface area contributed by atoms with Gasteiger partial charge in [-0.3, -0.25) is 9.59 Å². The minimum atomic E-state index is -1.07. The number of para-hydroxylation sites is 1. The number of carboxylic acid groups (broad SMARTS) is 1. The molecule has 1 aromatic carbocycles. The third-order valence-electron chi connectivity index (χ3n) is 3.36. The Morgan fingerprint density at radius 3 is 2.62 bits per heavy atom. The highest BCUT2D eigenvalue weighted by molar-refractivity contribution is 5.95. The molecule has 21 heavy (non-hydrogen) atoms. The second-order valence-electron chi connectivity index (χ2n) is 5.05. The van der Waals surface area contributed by atoms with E-state index in [4.69, 9.17) is 5.11 Å². The van der Waals surface area contributed by atoms with Gasteiger partial charge in [0, 0.05) is 5.92 Å². The maximum Gasteiger partial charge on any atom is 0.322 e. The van der Waals surface area contributed by atoms with Crippen LogP contribution >= 0.6 is 0 Å². The highest BCUT2D eigenvalue weighted by atomic mass is 16.4. The molecule has 1 aromatic heterocycles. The largest absolute Gasteiger partial charge is 0.480 e. The molecule has 0 unspecified atom stereocenters. The predicted octanol–water partition coefficient (Wildman–Crippen LogP) is 1.56. The van der Waals surface area contributed by atoms with Crippen LogP contribution in [0.25, 0.3) is 5.69 Å². The number of rotatable bonds is 5. The monoisotopic (exact) mass is 285 g/mol. The second-order valence-corrected chi connectivity index (χ2v) is 5.05. The van der Waals surface area contributed by atoms with E-state index in [2.05, 4.69) is 10.4 Å². The van der Waals surface area contributed by atoms with Gasteiger partial charge in [0.1, 0.15) is 12.2 Å². The van der Waals surface area contributed by atoms with Crippen LogP contribution in [0.15, 0.2) is 36.4 Å². The molecule has 108 valence electrons. The summed E-state index contributed by atoms with van der Waals surface area (Å²) < 4.78 is 1.57. The SMILES string of the molecule is O=C(O)CNC(=O)c1cc(C2CC2)nn1-c1ccccc1. The highest BCUT2D eigenvalue weighted by Gasteiger charge is 2.29. The summed E-state index contributed by atoms with van der Waals surface area (Å²) in [6.07, 6.45) is 2.17. The number of carbonyl (C=O) groups excluding carboxylic acids is 1. The van der Waals surface area contributed by atoms with Gasteiger partial charge in [-0.25, -0.2) is 4.68 Å². The highest BCUT2D eigenvalue weighted by Crippen LogP contribution is 2.39. The third kappa shape index (κ3) is 2.94. The van der Waals surface area contributed by atoms with Crippen molar-refractivity contribution < 1.29 is 14.7 Å². The van der Waals surface area contributed by atoms with E-state index in [0.29, 0.717) is 11.6 Å². The summed E-state index contributed by atoms with van der Waals surface area (Å²) in [5.74, 6) is -1.09. The number of carbonyl (C=O) groups is 2. The van der Waals surface area contributed by atoms with E-state index in [0.717, 1.165) is 24.2 Å². The van der Waals surface area contributed by atoms with Gasteiger partial charge in [-0.1, -0.05) is 18.2 Å². The number of hydrogen-bond donors (Lipinski definition) is 2. The minimum absolute atomic E-state index is 0.365. The topological polar surface area (TPSA) is 84.2 Å². The van der Waals surface area contributed by atoms with Crippen molar-refractivity contribution >= 4 is 11.9 Å². The van der Waals surface area contributed by atoms with E-state index in [1.54, 1.807) is 10.7 Å². The second kappa shape index (κ2) is 5.40. The summed E-state index contributed by atoms with van der Waals surface area (Å²) in [6.45, 7) is -0.405. The quantitative estimate of drug-likeness (QED) is 0.873. The first kappa shape index (κ1) is 13.4. The maximum absolute atomic E-state index is 12.2. The van der Waals surface area contributed by atoms with Gasteiger partial charge >= 0.3 is 5.97 Å². The first-order chi connectivity index (χ1) is 10.1. The van der Waals surface area contributed by atoms with Crippen molar-refractivity contribution in [1.29, 1.82) is 0 Å². The Labute approximate surface area is 121 Å². The zero-order chi connectivity index (χ0) is 14.8. The number of aliphatic carboxylic acids is 1. The van der Waals surface area contributed by atoms with E-state index in [-0.39, 0.29) is 0 Å². The molecule has 0 bridgehead atoms. The molecule has 0 aliphatic heterocycles. The van der Waals surface area contributed by atoms with Crippen LogP contribution in [0.2, 0.25) is 0 Å². The van der Waals surface area contributed by atoms with E-state index < -0.39 is 18.4 Å². The molecule has 1 saturated carbocycles. The van der Waals surface area contributed by atoms with Crippen molar-refractivity contribution in [3.63, 3.8) is 0 Å². The lowest BCUT2D eigenvalue weighted by Gasteiger charge is -2.06. The van der Waals surface area contributed by atoms with Crippen molar-refractivity contribution in [2.45, 2.75) is 18.8 Å². The van der Waals surface area contributed by atoms with Crippen LogP contribution in [0.5, 0.6) is 0 Å². The Morgan fingerprint density at radius 2 is 2.00 bits per heavy atom. The number of nitrogens with zero attached hydrogens (tertiary/aromatic N) is 2. The zero-order valence-corrected chi connectivity index (χ0v) is 11.3. The molecule has 3 rings (SSSR count). The van der Waals surface area contributed by atoms with Crippen LogP contribution in [0.3, 0.4) is 0 Å². The van der Waals surface area contributed by atoms with Gasteiger partial charge in [-0.2, -0.15) is 5.10 Å². The van der Waals surface area contributed by atoms with Crippen LogP contribution in [-0.2, 0) is 4.79 Å². The molecular formula is C15H15N3O3. The van der Waals surface area contributed by atoms with Gasteiger partial charge in [0.15, 0.2) is 0 Å². The lowest BCUT2D eigenvalue weighted by atomic mass is 10.2. The minimum Gasteiger partial charge on any atom is -0.480 e. The molecule has 0 saturated heterocycles. The Kier molecular flexibility index (Phi) is 3.43. The Morgan fingerprint density at radius 1 is 1.29 bits per heavy atom. The van der Waals surface area contributed by atoms with Crippen LogP contribution in [0.1, 0.15) is 34.9 Å². The molecule has 2 N–H and O–H groups in total. The average molecular weight is 285 g/mol. The smallest absolute Gasteiger partial charge is 0.322 e. The fourth-order valence-corrected chi connectivity index (χ4v) is 2.15. The summed E-state index contributed by atoms with van der Waals surface area (Å²) >= 11 is 0. The molecule has 1 heterocycles. The normalized spacial score (nSPS) is 13.9. The van der Waals surface area contributed by atoms with Crippen LogP contribution in [0, 0.1) is 0 Å². The fraction of sp³-hybridized carbons (Fsp3) is 0.267. The molecule has 6 heteroatoms. The Balaban J connectivity index is 1.94. The average Bonchev–Trinajstić information content (AvgIpc) is 3.24. The standard InChI is InChI=1S/C15H15N3O3/c19-14(20)9-16-15(21)13-8-12(10-6-7-10)17-18(13)11-4-2-1-3-5-11/h1-5,8,10H,6-7,9H2,(H,16,21)(H,19,20). The summed E-state index contributed by atoms with van der Waals surface area (Å²) in [7, 11) is 0. The number of amides is 1. The predicted molar refractivity (Wildman–Crippen MR) is 75.5 cm³/mol. The molecule has 1 aliphatic rings. The summed E-state index contributed by atoms with van der Waals surface area (Å²) in [4.78, 5) is 22.7. The molecule has 6 nitrogen and oxygen atoms in total. The lowest BCUT2D eigenvalue weighted by Crippen LogP contribution is -2.30. The van der Waals surface area contributed by atoms with Crippen molar-refractivity contribution in [1.82, 2.24) is 15.1 Å².